The van der Waals surface area contributed by atoms with Crippen LogP contribution in [0.3, 0.4) is 0 Å². The number of halogens is 1. The summed E-state index contributed by atoms with van der Waals surface area (Å²) in [6, 6.07) is 1.82. The van der Waals surface area contributed by atoms with E-state index in [2.05, 4.69) is 15.0 Å². The van der Waals surface area contributed by atoms with Gasteiger partial charge in [0, 0.05) is 24.5 Å². The number of hydrogen-bond donors (Lipinski definition) is 0. The minimum Gasteiger partial charge on any atom is -0.491 e. The summed E-state index contributed by atoms with van der Waals surface area (Å²) in [7, 11) is 0. The first-order valence-corrected chi connectivity index (χ1v) is 6.99. The van der Waals surface area contributed by atoms with Crippen LogP contribution in [0.25, 0.3) is 11.0 Å². The van der Waals surface area contributed by atoms with E-state index in [9.17, 15) is 4.39 Å². The minimum atomic E-state index is -0.361. The van der Waals surface area contributed by atoms with Crippen LogP contribution in [-0.4, -0.2) is 21.6 Å². The number of fused-ring (bicyclic) bond motifs is 1. The molecule has 0 saturated heterocycles. The van der Waals surface area contributed by atoms with Gasteiger partial charge >= 0.3 is 0 Å². The van der Waals surface area contributed by atoms with Gasteiger partial charge in [0.2, 0.25) is 0 Å². The molecule has 21 heavy (non-hydrogen) atoms. The van der Waals surface area contributed by atoms with Crippen LogP contribution in [0.4, 0.5) is 4.39 Å². The lowest BCUT2D eigenvalue weighted by molar-refractivity contribution is 0.223. The van der Waals surface area contributed by atoms with Crippen LogP contribution in [0.1, 0.15) is 26.0 Å². The van der Waals surface area contributed by atoms with Crippen LogP contribution >= 0.6 is 0 Å². The second-order valence-electron chi connectivity index (χ2n) is 4.39. The topological polar surface area (TPSA) is 47.9 Å². The Morgan fingerprint density at radius 1 is 1.14 bits per heavy atom. The van der Waals surface area contributed by atoms with Gasteiger partial charge in [-0.3, -0.25) is 15.0 Å². The fraction of sp³-hybridized carbons (Fsp3) is 0.312. The van der Waals surface area contributed by atoms with E-state index in [1.54, 1.807) is 24.7 Å². The van der Waals surface area contributed by atoms with Crippen molar-refractivity contribution in [1.82, 2.24) is 15.0 Å². The Bertz CT molecular complexity index is 667. The number of ether oxygens (including phenoxy) is 1. The second-order valence-corrected chi connectivity index (χ2v) is 4.39. The number of hydrogen-bond acceptors (Lipinski definition) is 4. The molecular weight excluding hydrogens is 269 g/mol. The van der Waals surface area contributed by atoms with Gasteiger partial charge in [-0.2, -0.15) is 0 Å². The van der Waals surface area contributed by atoms with Gasteiger partial charge in [-0.1, -0.05) is 6.92 Å². The lowest BCUT2D eigenvalue weighted by Crippen LogP contribution is -1.95. The van der Waals surface area contributed by atoms with Crippen LogP contribution in [0.2, 0.25) is 0 Å². The summed E-state index contributed by atoms with van der Waals surface area (Å²) in [6.45, 7) is 4.22. The highest BCUT2D eigenvalue weighted by Crippen LogP contribution is 2.16. The molecule has 0 aliphatic rings. The molecule has 0 saturated carbocycles. The number of rotatable bonds is 6. The van der Waals surface area contributed by atoms with Crippen LogP contribution < -0.4 is 0 Å². The van der Waals surface area contributed by atoms with Crippen molar-refractivity contribution in [1.29, 1.82) is 0 Å². The second kappa shape index (κ2) is 7.47. The predicted molar refractivity (Wildman–Crippen MR) is 80.2 cm³/mol. The van der Waals surface area contributed by atoms with Crippen LogP contribution in [0.5, 0.6) is 0 Å². The van der Waals surface area contributed by atoms with Gasteiger partial charge in [-0.15, -0.1) is 0 Å². The normalized spacial score (nSPS) is 12.7. The molecule has 2 aromatic heterocycles. The molecule has 0 radical (unpaired) electrons. The van der Waals surface area contributed by atoms with Gasteiger partial charge < -0.3 is 4.74 Å². The van der Waals surface area contributed by atoms with Crippen molar-refractivity contribution in [2.45, 2.75) is 26.7 Å². The van der Waals surface area contributed by atoms with Gasteiger partial charge in [-0.25, -0.2) is 4.39 Å². The first-order chi connectivity index (χ1) is 10.2. The van der Waals surface area contributed by atoms with Crippen molar-refractivity contribution in [2.24, 2.45) is 0 Å². The average molecular weight is 287 g/mol. The van der Waals surface area contributed by atoms with Crippen molar-refractivity contribution < 1.29 is 9.13 Å². The van der Waals surface area contributed by atoms with Crippen molar-refractivity contribution in [3.05, 3.63) is 54.1 Å². The summed E-state index contributed by atoms with van der Waals surface area (Å²) in [6.07, 6.45) is 9.20. The van der Waals surface area contributed by atoms with Gasteiger partial charge in [0.1, 0.15) is 5.52 Å². The summed E-state index contributed by atoms with van der Waals surface area (Å²) >= 11 is 0. The Hall–Kier alpha value is -2.30. The summed E-state index contributed by atoms with van der Waals surface area (Å²) < 4.78 is 19.3. The van der Waals surface area contributed by atoms with E-state index in [4.69, 9.17) is 4.74 Å². The van der Waals surface area contributed by atoms with E-state index in [-0.39, 0.29) is 5.83 Å². The molecule has 0 unspecified atom stereocenters. The van der Waals surface area contributed by atoms with Crippen molar-refractivity contribution in [2.75, 3.05) is 6.61 Å². The third kappa shape index (κ3) is 4.08. The molecule has 0 amide bonds. The minimum absolute atomic E-state index is 0.292. The maximum absolute atomic E-state index is 14.1. The first kappa shape index (κ1) is 15.1. The molecule has 2 rings (SSSR count). The molecule has 0 N–H and O–H groups in total. The zero-order valence-electron chi connectivity index (χ0n) is 12.2. The molecule has 5 heteroatoms. The third-order valence-corrected chi connectivity index (χ3v) is 2.83. The molecule has 2 aromatic rings. The molecule has 0 spiro atoms. The molecule has 110 valence electrons. The van der Waals surface area contributed by atoms with Crippen LogP contribution in [-0.2, 0) is 11.2 Å². The van der Waals surface area contributed by atoms with Gasteiger partial charge in [0.25, 0.3) is 0 Å². The zero-order chi connectivity index (χ0) is 15.1. The molecule has 0 aromatic carbocycles. The lowest BCUT2D eigenvalue weighted by atomic mass is 10.2. The van der Waals surface area contributed by atoms with Gasteiger partial charge in [-0.05, 0) is 31.6 Å². The van der Waals surface area contributed by atoms with Crippen molar-refractivity contribution >= 4 is 11.0 Å². The Morgan fingerprint density at radius 2 is 1.90 bits per heavy atom. The SMILES string of the molecule is CC/C=C(OCC)\C(F)=C/Cc1cc2nccnc2cn1. The van der Waals surface area contributed by atoms with Crippen molar-refractivity contribution in [3.63, 3.8) is 0 Å². The average Bonchev–Trinajstić information content (AvgIpc) is 2.52. The predicted octanol–water partition coefficient (Wildman–Crippen LogP) is 3.75. The third-order valence-electron chi connectivity index (χ3n) is 2.83. The maximum Gasteiger partial charge on any atom is 0.161 e. The van der Waals surface area contributed by atoms with Crippen LogP contribution in [0.15, 0.2) is 48.4 Å². The molecular formula is C16H18FN3O. The smallest absolute Gasteiger partial charge is 0.161 e. The number of aromatic nitrogens is 3. The number of nitrogens with zero attached hydrogens (tertiary/aromatic N) is 3. The summed E-state index contributed by atoms with van der Waals surface area (Å²) in [5, 5.41) is 0. The highest BCUT2D eigenvalue weighted by atomic mass is 19.1. The summed E-state index contributed by atoms with van der Waals surface area (Å²) in [5.41, 5.74) is 2.22. The van der Waals surface area contributed by atoms with Gasteiger partial charge in [0.05, 0.1) is 18.3 Å². The van der Waals surface area contributed by atoms with E-state index < -0.39 is 0 Å². The summed E-state index contributed by atoms with van der Waals surface area (Å²) in [5.74, 6) is -0.0691. The number of allylic oxidation sites excluding steroid dienone is 3. The van der Waals surface area contributed by atoms with E-state index in [1.807, 2.05) is 19.9 Å². The largest absolute Gasteiger partial charge is 0.491 e. The molecule has 0 aliphatic heterocycles. The molecule has 0 atom stereocenters. The van der Waals surface area contributed by atoms with Crippen LogP contribution in [0, 0.1) is 0 Å². The molecule has 4 nitrogen and oxygen atoms in total. The molecule has 2 heterocycles. The Morgan fingerprint density at radius 3 is 2.62 bits per heavy atom. The highest BCUT2D eigenvalue weighted by Gasteiger charge is 2.05. The summed E-state index contributed by atoms with van der Waals surface area (Å²) in [4.78, 5) is 12.6. The van der Waals surface area contributed by atoms with E-state index in [1.165, 1.54) is 6.08 Å². The lowest BCUT2D eigenvalue weighted by Gasteiger charge is -2.06. The highest BCUT2D eigenvalue weighted by molar-refractivity contribution is 5.72. The zero-order valence-corrected chi connectivity index (χ0v) is 12.2. The fourth-order valence-corrected chi connectivity index (χ4v) is 1.88. The van der Waals surface area contributed by atoms with Crippen molar-refractivity contribution in [3.8, 4) is 0 Å². The van der Waals surface area contributed by atoms with E-state index >= 15 is 0 Å². The monoisotopic (exact) mass is 287 g/mol. The van der Waals surface area contributed by atoms with Gasteiger partial charge in [0.15, 0.2) is 11.6 Å². The number of pyridine rings is 1. The fourth-order valence-electron chi connectivity index (χ4n) is 1.88. The Labute approximate surface area is 123 Å². The Balaban J connectivity index is 2.15. The molecule has 0 fully saturated rings. The molecule has 0 bridgehead atoms. The molecule has 0 aliphatic carbocycles. The van der Waals surface area contributed by atoms with E-state index in [0.717, 1.165) is 23.1 Å². The maximum atomic E-state index is 14.1. The Kier molecular flexibility index (Phi) is 5.37. The van der Waals surface area contributed by atoms with E-state index in [0.29, 0.717) is 18.8 Å². The standard InChI is InChI=1S/C16H18FN3O/c1-3-5-16(21-4-2)13(17)7-6-12-10-14-15(11-20-12)19-9-8-18-14/h5,7-11H,3-4,6H2,1-2H3/b13-7+,16-5+. The first-order valence-electron chi connectivity index (χ1n) is 6.99. The quantitative estimate of drug-likeness (QED) is 0.599.